The molecule has 1 amide bonds. The molecule has 0 saturated carbocycles. The molecular weight excluding hydrogens is 304 g/mol. The Morgan fingerprint density at radius 2 is 2.05 bits per heavy atom. The highest BCUT2D eigenvalue weighted by Crippen LogP contribution is 2.20. The van der Waals surface area contributed by atoms with Gasteiger partial charge < -0.3 is 11.1 Å². The predicted octanol–water partition coefficient (Wildman–Crippen LogP) is 3.52. The van der Waals surface area contributed by atoms with E-state index in [9.17, 15) is 4.79 Å². The standard InChI is InChI=1S/C15H15BrN2O/c1-10-5-6-13(9-14(10)16)18-15(19)8-11-3-2-4-12(17)7-11/h2-7,9H,8,17H2,1H3,(H,18,19). The van der Waals surface area contributed by atoms with Crippen molar-refractivity contribution in [2.24, 2.45) is 0 Å². The number of amides is 1. The summed E-state index contributed by atoms with van der Waals surface area (Å²) in [5.41, 5.74) is 9.18. The van der Waals surface area contributed by atoms with Gasteiger partial charge in [-0.2, -0.15) is 0 Å². The Morgan fingerprint density at radius 1 is 1.26 bits per heavy atom. The van der Waals surface area contributed by atoms with Crippen LogP contribution in [0.3, 0.4) is 0 Å². The van der Waals surface area contributed by atoms with E-state index in [1.165, 1.54) is 0 Å². The molecule has 0 atom stereocenters. The van der Waals surface area contributed by atoms with Crippen LogP contribution in [-0.4, -0.2) is 5.91 Å². The average Bonchev–Trinajstić information content (AvgIpc) is 2.34. The lowest BCUT2D eigenvalue weighted by Crippen LogP contribution is -2.14. The van der Waals surface area contributed by atoms with Crippen molar-refractivity contribution in [1.29, 1.82) is 0 Å². The molecule has 3 N–H and O–H groups in total. The number of carbonyl (C=O) groups is 1. The first-order valence-electron chi connectivity index (χ1n) is 5.95. The highest BCUT2D eigenvalue weighted by Gasteiger charge is 2.05. The van der Waals surface area contributed by atoms with Crippen molar-refractivity contribution < 1.29 is 4.79 Å². The van der Waals surface area contributed by atoms with Crippen molar-refractivity contribution in [3.63, 3.8) is 0 Å². The lowest BCUT2D eigenvalue weighted by molar-refractivity contribution is -0.115. The Kier molecular flexibility index (Phi) is 4.22. The van der Waals surface area contributed by atoms with Gasteiger partial charge in [0.25, 0.3) is 0 Å². The summed E-state index contributed by atoms with van der Waals surface area (Å²) < 4.78 is 0.981. The van der Waals surface area contributed by atoms with Crippen LogP contribution in [0.4, 0.5) is 11.4 Å². The van der Waals surface area contributed by atoms with Gasteiger partial charge in [0.2, 0.25) is 5.91 Å². The van der Waals surface area contributed by atoms with Crippen LogP contribution in [-0.2, 0) is 11.2 Å². The maximum Gasteiger partial charge on any atom is 0.228 e. The van der Waals surface area contributed by atoms with Crippen LogP contribution in [0.15, 0.2) is 46.9 Å². The zero-order valence-corrected chi connectivity index (χ0v) is 12.2. The number of nitrogen functional groups attached to an aromatic ring is 1. The smallest absolute Gasteiger partial charge is 0.228 e. The van der Waals surface area contributed by atoms with Crippen LogP contribution in [0.25, 0.3) is 0 Å². The van der Waals surface area contributed by atoms with E-state index >= 15 is 0 Å². The minimum absolute atomic E-state index is 0.0543. The Labute approximate surface area is 121 Å². The number of rotatable bonds is 3. The third-order valence-corrected chi connectivity index (χ3v) is 3.63. The number of aryl methyl sites for hydroxylation is 1. The number of carbonyl (C=O) groups excluding carboxylic acids is 1. The molecule has 0 aromatic heterocycles. The van der Waals surface area contributed by atoms with Crippen molar-refractivity contribution >= 4 is 33.2 Å². The first-order chi connectivity index (χ1) is 9.04. The van der Waals surface area contributed by atoms with E-state index in [4.69, 9.17) is 5.73 Å². The highest BCUT2D eigenvalue weighted by atomic mass is 79.9. The number of halogens is 1. The summed E-state index contributed by atoms with van der Waals surface area (Å²) in [5, 5.41) is 2.87. The highest BCUT2D eigenvalue weighted by molar-refractivity contribution is 9.10. The molecule has 0 bridgehead atoms. The van der Waals surface area contributed by atoms with E-state index in [-0.39, 0.29) is 5.91 Å². The lowest BCUT2D eigenvalue weighted by Gasteiger charge is -2.07. The second-order valence-corrected chi connectivity index (χ2v) is 5.29. The Balaban J connectivity index is 2.03. The zero-order valence-electron chi connectivity index (χ0n) is 10.6. The van der Waals surface area contributed by atoms with E-state index in [1.54, 1.807) is 6.07 Å². The number of anilines is 2. The fraction of sp³-hybridized carbons (Fsp3) is 0.133. The molecule has 4 heteroatoms. The molecule has 0 aliphatic rings. The first kappa shape index (κ1) is 13.6. The van der Waals surface area contributed by atoms with E-state index in [1.807, 2.05) is 43.3 Å². The summed E-state index contributed by atoms with van der Waals surface area (Å²) in [6.45, 7) is 2.00. The molecule has 0 spiro atoms. The number of nitrogens with two attached hydrogens (primary N) is 1. The van der Waals surface area contributed by atoms with Crippen LogP contribution in [0.2, 0.25) is 0 Å². The Morgan fingerprint density at radius 3 is 2.74 bits per heavy atom. The van der Waals surface area contributed by atoms with Gasteiger partial charge in [-0.3, -0.25) is 4.79 Å². The molecule has 0 heterocycles. The third-order valence-electron chi connectivity index (χ3n) is 2.77. The maximum absolute atomic E-state index is 11.9. The van der Waals surface area contributed by atoms with Crippen molar-refractivity contribution in [2.45, 2.75) is 13.3 Å². The van der Waals surface area contributed by atoms with Crippen molar-refractivity contribution in [3.05, 3.63) is 58.1 Å². The molecule has 2 rings (SSSR count). The number of nitrogens with one attached hydrogen (secondary N) is 1. The summed E-state index contributed by atoms with van der Waals surface area (Å²) in [7, 11) is 0. The van der Waals surface area contributed by atoms with Crippen LogP contribution in [0.5, 0.6) is 0 Å². The first-order valence-corrected chi connectivity index (χ1v) is 6.74. The molecule has 0 fully saturated rings. The largest absolute Gasteiger partial charge is 0.399 e. The maximum atomic E-state index is 11.9. The van der Waals surface area contributed by atoms with Crippen molar-refractivity contribution in [3.8, 4) is 0 Å². The number of hydrogen-bond donors (Lipinski definition) is 2. The summed E-state index contributed by atoms with van der Waals surface area (Å²) in [4.78, 5) is 11.9. The molecule has 98 valence electrons. The summed E-state index contributed by atoms with van der Waals surface area (Å²) in [6.07, 6.45) is 0.316. The Bertz CT molecular complexity index is 611. The predicted molar refractivity (Wildman–Crippen MR) is 82.1 cm³/mol. The summed E-state index contributed by atoms with van der Waals surface area (Å²) >= 11 is 3.44. The molecule has 0 aliphatic heterocycles. The molecule has 0 unspecified atom stereocenters. The Hall–Kier alpha value is -1.81. The monoisotopic (exact) mass is 318 g/mol. The molecule has 2 aromatic rings. The number of benzene rings is 2. The summed E-state index contributed by atoms with van der Waals surface area (Å²) in [5.74, 6) is -0.0543. The van der Waals surface area contributed by atoms with Crippen molar-refractivity contribution in [2.75, 3.05) is 11.1 Å². The molecule has 0 aliphatic carbocycles. The van der Waals surface area contributed by atoms with Gasteiger partial charge in [0.1, 0.15) is 0 Å². The molecule has 0 radical (unpaired) electrons. The average molecular weight is 319 g/mol. The normalized spacial score (nSPS) is 10.2. The summed E-state index contributed by atoms with van der Waals surface area (Å²) in [6, 6.07) is 13.1. The van der Waals surface area contributed by atoms with E-state index in [0.29, 0.717) is 12.1 Å². The van der Waals surface area contributed by atoms with E-state index in [0.717, 1.165) is 21.3 Å². The number of hydrogen-bond acceptors (Lipinski definition) is 2. The van der Waals surface area contributed by atoms with Gasteiger partial charge in [-0.1, -0.05) is 34.1 Å². The van der Waals surface area contributed by atoms with Crippen LogP contribution in [0, 0.1) is 6.92 Å². The second-order valence-electron chi connectivity index (χ2n) is 4.43. The quantitative estimate of drug-likeness (QED) is 0.851. The molecule has 3 nitrogen and oxygen atoms in total. The minimum Gasteiger partial charge on any atom is -0.399 e. The SMILES string of the molecule is Cc1ccc(NC(=O)Cc2cccc(N)c2)cc1Br. The van der Waals surface area contributed by atoms with Gasteiger partial charge in [-0.25, -0.2) is 0 Å². The van der Waals surface area contributed by atoms with Gasteiger partial charge in [0.15, 0.2) is 0 Å². The van der Waals surface area contributed by atoms with E-state index < -0.39 is 0 Å². The van der Waals surface area contributed by atoms with Gasteiger partial charge in [0.05, 0.1) is 6.42 Å². The van der Waals surface area contributed by atoms with Gasteiger partial charge in [-0.15, -0.1) is 0 Å². The van der Waals surface area contributed by atoms with Crippen LogP contribution in [0.1, 0.15) is 11.1 Å². The van der Waals surface area contributed by atoms with Crippen LogP contribution >= 0.6 is 15.9 Å². The molecule has 0 saturated heterocycles. The van der Waals surface area contributed by atoms with Crippen molar-refractivity contribution in [1.82, 2.24) is 0 Å². The minimum atomic E-state index is -0.0543. The fourth-order valence-corrected chi connectivity index (χ4v) is 2.14. The second kappa shape index (κ2) is 5.89. The topological polar surface area (TPSA) is 55.1 Å². The van der Waals surface area contributed by atoms with E-state index in [2.05, 4.69) is 21.2 Å². The zero-order chi connectivity index (χ0) is 13.8. The van der Waals surface area contributed by atoms with Gasteiger partial charge in [0, 0.05) is 15.8 Å². The molecule has 2 aromatic carbocycles. The molecule has 19 heavy (non-hydrogen) atoms. The molecular formula is C15H15BrN2O. The lowest BCUT2D eigenvalue weighted by atomic mass is 10.1. The third kappa shape index (κ3) is 3.83. The fourth-order valence-electron chi connectivity index (χ4n) is 1.76. The van der Waals surface area contributed by atoms with Gasteiger partial charge in [-0.05, 0) is 42.3 Å². The van der Waals surface area contributed by atoms with Crippen LogP contribution < -0.4 is 11.1 Å². The van der Waals surface area contributed by atoms with Gasteiger partial charge >= 0.3 is 0 Å².